The molecule has 7 heteroatoms. The molecule has 3 rings (SSSR count). The second-order valence-corrected chi connectivity index (χ2v) is 4.57. The van der Waals surface area contributed by atoms with Crippen LogP contribution in [0.1, 0.15) is 27.5 Å². The van der Waals surface area contributed by atoms with Gasteiger partial charge in [-0.15, -0.1) is 0 Å². The van der Waals surface area contributed by atoms with Crippen molar-refractivity contribution in [2.75, 3.05) is 0 Å². The quantitative estimate of drug-likeness (QED) is 0.424. The number of aromatic nitrogens is 4. The lowest BCUT2D eigenvalue weighted by Crippen LogP contribution is -1.96. The van der Waals surface area contributed by atoms with Crippen LogP contribution in [-0.2, 0) is 6.42 Å². The molecule has 0 aliphatic heterocycles. The summed E-state index contributed by atoms with van der Waals surface area (Å²) in [5.41, 5.74) is 1.93. The van der Waals surface area contributed by atoms with Crippen molar-refractivity contribution in [1.29, 1.82) is 0 Å². The maximum Gasteiger partial charge on any atom is 0.224 e. The summed E-state index contributed by atoms with van der Waals surface area (Å²) in [4.78, 5) is 19.7. The normalized spacial score (nSPS) is 11.5. The van der Waals surface area contributed by atoms with Gasteiger partial charge in [0.15, 0.2) is 11.5 Å². The number of nitrogens with one attached hydrogen (secondary N) is 1. The van der Waals surface area contributed by atoms with Gasteiger partial charge in [0.1, 0.15) is 6.33 Å². The highest BCUT2D eigenvalue weighted by Gasteiger charge is 2.12. The molecule has 3 heterocycles. The molecular formula is C15H12N4O3. The number of pyridine rings is 1. The molecule has 110 valence electrons. The van der Waals surface area contributed by atoms with Gasteiger partial charge in [-0.05, 0) is 29.3 Å². The van der Waals surface area contributed by atoms with Crippen LogP contribution in [0.15, 0.2) is 53.7 Å². The first-order valence-corrected chi connectivity index (χ1v) is 6.50. The second kappa shape index (κ2) is 6.04. The van der Waals surface area contributed by atoms with Gasteiger partial charge in [0.25, 0.3) is 0 Å². The molecule has 0 aliphatic rings. The van der Waals surface area contributed by atoms with Crippen molar-refractivity contribution in [2.45, 2.75) is 6.42 Å². The van der Waals surface area contributed by atoms with E-state index < -0.39 is 5.78 Å². The standard InChI is InChI=1S/C15H12N4O3/c20-12(7-13(21)15-17-9-18-19-15)14-6-11(8-22-14)5-10-1-3-16-4-2-10/h1-4,6-9,21H,5H2,(H,17,18,19). The number of hydrogen-bond donors (Lipinski definition) is 2. The van der Waals surface area contributed by atoms with E-state index in [0.717, 1.165) is 17.2 Å². The number of carbonyl (C=O) groups is 1. The lowest BCUT2D eigenvalue weighted by Gasteiger charge is -1.95. The number of hydrogen-bond acceptors (Lipinski definition) is 6. The van der Waals surface area contributed by atoms with E-state index in [-0.39, 0.29) is 17.3 Å². The van der Waals surface area contributed by atoms with Crippen LogP contribution >= 0.6 is 0 Å². The Labute approximate surface area is 125 Å². The number of aliphatic hydroxyl groups is 1. The molecule has 0 spiro atoms. The van der Waals surface area contributed by atoms with Crippen LogP contribution in [0.2, 0.25) is 0 Å². The maximum atomic E-state index is 12.0. The Morgan fingerprint density at radius 2 is 2.14 bits per heavy atom. The fraction of sp³-hybridized carbons (Fsp3) is 0.0667. The van der Waals surface area contributed by atoms with Gasteiger partial charge in [0.2, 0.25) is 11.6 Å². The first-order valence-electron chi connectivity index (χ1n) is 6.50. The Kier molecular flexibility index (Phi) is 3.78. The third kappa shape index (κ3) is 3.09. The van der Waals surface area contributed by atoms with Gasteiger partial charge in [-0.3, -0.25) is 14.9 Å². The summed E-state index contributed by atoms with van der Waals surface area (Å²) in [7, 11) is 0. The molecule has 7 nitrogen and oxygen atoms in total. The zero-order valence-electron chi connectivity index (χ0n) is 11.4. The van der Waals surface area contributed by atoms with Crippen molar-refractivity contribution < 1.29 is 14.3 Å². The summed E-state index contributed by atoms with van der Waals surface area (Å²) >= 11 is 0. The van der Waals surface area contributed by atoms with Crippen LogP contribution in [0.4, 0.5) is 0 Å². The van der Waals surface area contributed by atoms with Gasteiger partial charge < -0.3 is 9.52 Å². The number of H-pyrrole nitrogens is 1. The van der Waals surface area contributed by atoms with Crippen molar-refractivity contribution in [3.05, 3.63) is 72.0 Å². The topological polar surface area (TPSA) is 105 Å². The molecule has 3 aromatic heterocycles. The number of furan rings is 1. The molecule has 0 saturated heterocycles. The fourth-order valence-corrected chi connectivity index (χ4v) is 1.93. The maximum absolute atomic E-state index is 12.0. The van der Waals surface area contributed by atoms with E-state index in [4.69, 9.17) is 4.42 Å². The Morgan fingerprint density at radius 1 is 1.32 bits per heavy atom. The van der Waals surface area contributed by atoms with E-state index in [1.54, 1.807) is 18.5 Å². The highest BCUT2D eigenvalue weighted by Crippen LogP contribution is 2.15. The molecule has 22 heavy (non-hydrogen) atoms. The van der Waals surface area contributed by atoms with Gasteiger partial charge in [-0.25, -0.2) is 4.98 Å². The minimum absolute atomic E-state index is 0.0527. The number of ketones is 1. The van der Waals surface area contributed by atoms with E-state index in [1.807, 2.05) is 12.1 Å². The molecule has 0 aliphatic carbocycles. The van der Waals surface area contributed by atoms with Gasteiger partial charge in [0, 0.05) is 24.9 Å². The Morgan fingerprint density at radius 3 is 2.86 bits per heavy atom. The van der Waals surface area contributed by atoms with Gasteiger partial charge in [-0.1, -0.05) is 0 Å². The minimum Gasteiger partial charge on any atom is -0.504 e. The Balaban J connectivity index is 1.73. The number of allylic oxidation sites excluding steroid dienone is 1. The van der Waals surface area contributed by atoms with Crippen LogP contribution in [0.5, 0.6) is 0 Å². The molecular weight excluding hydrogens is 284 g/mol. The van der Waals surface area contributed by atoms with Crippen LogP contribution in [0.3, 0.4) is 0 Å². The molecule has 0 saturated carbocycles. The highest BCUT2D eigenvalue weighted by molar-refractivity contribution is 6.05. The number of carbonyl (C=O) groups excluding carboxylic acids is 1. The summed E-state index contributed by atoms with van der Waals surface area (Å²) in [6.45, 7) is 0. The number of aromatic amines is 1. The Hall–Kier alpha value is -3.22. The van der Waals surface area contributed by atoms with Crippen molar-refractivity contribution in [2.24, 2.45) is 0 Å². The smallest absolute Gasteiger partial charge is 0.224 e. The molecule has 3 aromatic rings. The average Bonchev–Trinajstić information content (AvgIpc) is 3.19. The van der Waals surface area contributed by atoms with E-state index >= 15 is 0 Å². The first-order chi connectivity index (χ1) is 10.7. The fourth-order valence-electron chi connectivity index (χ4n) is 1.93. The first kappa shape index (κ1) is 13.7. The lowest BCUT2D eigenvalue weighted by atomic mass is 10.1. The Bertz CT molecular complexity index is 791. The van der Waals surface area contributed by atoms with Crippen molar-refractivity contribution in [3.8, 4) is 0 Å². The molecule has 2 N–H and O–H groups in total. The summed E-state index contributed by atoms with van der Waals surface area (Å²) in [5, 5.41) is 15.9. The van der Waals surface area contributed by atoms with Crippen molar-refractivity contribution >= 4 is 11.5 Å². The molecule has 0 atom stereocenters. The zero-order valence-corrected chi connectivity index (χ0v) is 11.4. The van der Waals surface area contributed by atoms with E-state index in [1.165, 1.54) is 12.6 Å². The summed E-state index contributed by atoms with van der Waals surface area (Å²) in [6.07, 6.45) is 7.90. The largest absolute Gasteiger partial charge is 0.504 e. The minimum atomic E-state index is -0.455. The van der Waals surface area contributed by atoms with Crippen molar-refractivity contribution in [1.82, 2.24) is 20.2 Å². The van der Waals surface area contributed by atoms with Crippen LogP contribution in [0.25, 0.3) is 5.76 Å². The van der Waals surface area contributed by atoms with Crippen LogP contribution < -0.4 is 0 Å². The van der Waals surface area contributed by atoms with Crippen LogP contribution in [0, 0.1) is 0 Å². The number of aliphatic hydroxyl groups excluding tert-OH is 1. The molecule has 0 bridgehead atoms. The monoisotopic (exact) mass is 296 g/mol. The number of nitrogens with zero attached hydrogens (tertiary/aromatic N) is 3. The van der Waals surface area contributed by atoms with Gasteiger partial charge >= 0.3 is 0 Å². The van der Waals surface area contributed by atoms with E-state index in [0.29, 0.717) is 6.42 Å². The molecule has 0 amide bonds. The third-order valence-corrected chi connectivity index (χ3v) is 2.97. The highest BCUT2D eigenvalue weighted by atomic mass is 16.3. The molecule has 0 unspecified atom stereocenters. The second-order valence-electron chi connectivity index (χ2n) is 4.57. The summed E-state index contributed by atoms with van der Waals surface area (Å²) in [5.74, 6) is -0.579. The zero-order chi connectivity index (χ0) is 15.4. The average molecular weight is 296 g/mol. The van der Waals surface area contributed by atoms with Gasteiger partial charge in [0.05, 0.1) is 6.26 Å². The lowest BCUT2D eigenvalue weighted by molar-refractivity contribution is 0.102. The van der Waals surface area contributed by atoms with Crippen LogP contribution in [-0.4, -0.2) is 31.1 Å². The molecule has 0 radical (unpaired) electrons. The van der Waals surface area contributed by atoms with E-state index in [9.17, 15) is 9.90 Å². The SMILES string of the molecule is O=C(C=C(O)c1nc[nH]n1)c1cc(Cc2ccncc2)co1. The summed E-state index contributed by atoms with van der Waals surface area (Å²) < 4.78 is 5.25. The predicted molar refractivity (Wildman–Crippen MR) is 77.1 cm³/mol. The summed E-state index contributed by atoms with van der Waals surface area (Å²) in [6, 6.07) is 5.43. The molecule has 0 fully saturated rings. The van der Waals surface area contributed by atoms with Gasteiger partial charge in [-0.2, -0.15) is 5.10 Å². The third-order valence-electron chi connectivity index (χ3n) is 2.97. The van der Waals surface area contributed by atoms with Crippen molar-refractivity contribution in [3.63, 3.8) is 0 Å². The molecule has 0 aromatic carbocycles. The van der Waals surface area contributed by atoms with E-state index in [2.05, 4.69) is 20.2 Å². The number of rotatable bonds is 5. The predicted octanol–water partition coefficient (Wildman–Crippen LogP) is 2.17.